The third-order valence-corrected chi connectivity index (χ3v) is 4.99. The summed E-state index contributed by atoms with van der Waals surface area (Å²) in [4.78, 5) is 12.7. The van der Waals surface area contributed by atoms with Gasteiger partial charge in [0.25, 0.3) is 5.79 Å². The number of cyclic esters (lactones) is 1. The molecule has 1 aliphatic heterocycles. The van der Waals surface area contributed by atoms with Gasteiger partial charge in [-0.25, -0.2) is 4.79 Å². The fourth-order valence-corrected chi connectivity index (χ4v) is 3.11. The first-order chi connectivity index (χ1) is 12.2. The van der Waals surface area contributed by atoms with Gasteiger partial charge in [-0.05, 0) is 24.8 Å². The lowest BCUT2D eigenvalue weighted by atomic mass is 9.96. The summed E-state index contributed by atoms with van der Waals surface area (Å²) in [5.74, 6) is -2.58. The number of hydrogen-bond donors (Lipinski definition) is 1. The van der Waals surface area contributed by atoms with Crippen molar-refractivity contribution < 1.29 is 23.7 Å². The van der Waals surface area contributed by atoms with Crippen molar-refractivity contribution in [2.75, 3.05) is 14.2 Å². The number of carbonyl (C=O) groups excluding carboxylic acids is 1. The zero-order chi connectivity index (χ0) is 19.4. The Bertz CT molecular complexity index is 593. The Morgan fingerprint density at radius 1 is 1.12 bits per heavy atom. The average Bonchev–Trinajstić information content (AvgIpc) is 2.62. The lowest BCUT2D eigenvalue weighted by Crippen LogP contribution is -2.67. The standard InChI is InChI=1S/C20H31NO5/c1-14(2)12-16(21-13-15-10-8-7-9-11-15)17-18(22)26-20(4,24-6)19(3,23-5)25-17/h7-11,14,16-17,21H,12-13H2,1-6H3/t16-,17+,19-,20-/m0/s1. The summed E-state index contributed by atoms with van der Waals surface area (Å²) in [5, 5.41) is 3.45. The van der Waals surface area contributed by atoms with Crippen LogP contribution in [0.4, 0.5) is 0 Å². The zero-order valence-corrected chi connectivity index (χ0v) is 16.6. The van der Waals surface area contributed by atoms with Gasteiger partial charge in [-0.1, -0.05) is 44.2 Å². The highest BCUT2D eigenvalue weighted by atomic mass is 16.8. The van der Waals surface area contributed by atoms with E-state index in [9.17, 15) is 4.79 Å². The van der Waals surface area contributed by atoms with Crippen molar-refractivity contribution in [2.45, 2.75) is 64.4 Å². The van der Waals surface area contributed by atoms with Crippen LogP contribution in [0.15, 0.2) is 30.3 Å². The third-order valence-electron chi connectivity index (χ3n) is 4.99. The maximum atomic E-state index is 12.7. The highest BCUT2D eigenvalue weighted by molar-refractivity contribution is 5.77. The smallest absolute Gasteiger partial charge is 0.339 e. The van der Waals surface area contributed by atoms with E-state index in [1.165, 1.54) is 14.2 Å². The van der Waals surface area contributed by atoms with Gasteiger partial charge in [-0.15, -0.1) is 0 Å². The molecule has 0 spiro atoms. The summed E-state index contributed by atoms with van der Waals surface area (Å²) in [7, 11) is 2.98. The summed E-state index contributed by atoms with van der Waals surface area (Å²) in [6.07, 6.45) is -0.0231. The number of esters is 1. The predicted octanol–water partition coefficient (Wildman–Crippen LogP) is 2.86. The minimum atomic E-state index is -1.31. The van der Waals surface area contributed by atoms with Gasteiger partial charge >= 0.3 is 5.97 Å². The first-order valence-electron chi connectivity index (χ1n) is 9.03. The molecule has 0 radical (unpaired) electrons. The van der Waals surface area contributed by atoms with E-state index in [0.29, 0.717) is 12.5 Å². The van der Waals surface area contributed by atoms with Gasteiger partial charge in [0, 0.05) is 33.7 Å². The third kappa shape index (κ3) is 4.43. The minimum absolute atomic E-state index is 0.210. The number of rotatable bonds is 8. The first-order valence-corrected chi connectivity index (χ1v) is 9.03. The van der Waals surface area contributed by atoms with Gasteiger partial charge < -0.3 is 24.3 Å². The highest BCUT2D eigenvalue weighted by Gasteiger charge is 2.58. The van der Waals surface area contributed by atoms with Crippen molar-refractivity contribution in [1.82, 2.24) is 5.32 Å². The molecule has 0 amide bonds. The van der Waals surface area contributed by atoms with Crippen LogP contribution in [-0.2, 0) is 30.3 Å². The lowest BCUT2D eigenvalue weighted by molar-refractivity contribution is -0.407. The molecule has 0 bridgehead atoms. The second kappa shape index (κ2) is 8.48. The van der Waals surface area contributed by atoms with Crippen LogP contribution in [0, 0.1) is 5.92 Å². The van der Waals surface area contributed by atoms with Crippen molar-refractivity contribution in [3.8, 4) is 0 Å². The van der Waals surface area contributed by atoms with Gasteiger partial charge in [0.05, 0.1) is 0 Å². The molecular weight excluding hydrogens is 334 g/mol. The molecular formula is C20H31NO5. The minimum Gasteiger partial charge on any atom is -0.425 e. The van der Waals surface area contributed by atoms with Crippen LogP contribution in [0.5, 0.6) is 0 Å². The Morgan fingerprint density at radius 3 is 2.27 bits per heavy atom. The van der Waals surface area contributed by atoms with Crippen LogP contribution in [0.2, 0.25) is 0 Å². The van der Waals surface area contributed by atoms with Crippen molar-refractivity contribution in [3.63, 3.8) is 0 Å². The fourth-order valence-electron chi connectivity index (χ4n) is 3.11. The number of hydrogen-bond acceptors (Lipinski definition) is 6. The van der Waals surface area contributed by atoms with E-state index in [1.54, 1.807) is 13.8 Å². The Morgan fingerprint density at radius 2 is 1.73 bits per heavy atom. The Labute approximate surface area is 156 Å². The molecule has 1 aromatic carbocycles. The van der Waals surface area contributed by atoms with Crippen LogP contribution in [-0.4, -0.2) is 43.9 Å². The summed E-state index contributed by atoms with van der Waals surface area (Å²) in [6.45, 7) is 8.22. The average molecular weight is 365 g/mol. The second-order valence-electron chi connectivity index (χ2n) is 7.36. The molecule has 1 N–H and O–H groups in total. The number of methoxy groups -OCH3 is 2. The van der Waals surface area contributed by atoms with Crippen LogP contribution >= 0.6 is 0 Å². The molecule has 2 rings (SSSR count). The van der Waals surface area contributed by atoms with Crippen LogP contribution in [0.1, 0.15) is 39.7 Å². The molecule has 6 nitrogen and oxygen atoms in total. The maximum Gasteiger partial charge on any atom is 0.339 e. The van der Waals surface area contributed by atoms with Gasteiger partial charge in [0.15, 0.2) is 6.10 Å². The quantitative estimate of drug-likeness (QED) is 0.715. The predicted molar refractivity (Wildman–Crippen MR) is 98.3 cm³/mol. The molecule has 1 saturated heterocycles. The van der Waals surface area contributed by atoms with E-state index in [2.05, 4.69) is 19.2 Å². The number of ether oxygens (including phenoxy) is 4. The first kappa shape index (κ1) is 20.8. The summed E-state index contributed by atoms with van der Waals surface area (Å²) >= 11 is 0. The van der Waals surface area contributed by atoms with Crippen LogP contribution < -0.4 is 5.32 Å². The maximum absolute atomic E-state index is 12.7. The van der Waals surface area contributed by atoms with E-state index in [0.717, 1.165) is 12.0 Å². The molecule has 0 aliphatic carbocycles. The molecule has 146 valence electrons. The zero-order valence-electron chi connectivity index (χ0n) is 16.6. The molecule has 6 heteroatoms. The molecule has 0 saturated carbocycles. The monoisotopic (exact) mass is 365 g/mol. The molecule has 0 aromatic heterocycles. The SMILES string of the molecule is CO[C@@]1(C)OC(=O)[C@@H]([C@H](CC(C)C)NCc2ccccc2)O[C@]1(C)OC. The van der Waals surface area contributed by atoms with Gasteiger partial charge in [0.2, 0.25) is 5.79 Å². The van der Waals surface area contributed by atoms with Gasteiger partial charge in [0.1, 0.15) is 0 Å². The van der Waals surface area contributed by atoms with Gasteiger partial charge in [-0.2, -0.15) is 0 Å². The summed E-state index contributed by atoms with van der Waals surface area (Å²) in [5.41, 5.74) is 1.14. The topological polar surface area (TPSA) is 66.0 Å². The molecule has 4 atom stereocenters. The molecule has 26 heavy (non-hydrogen) atoms. The van der Waals surface area contributed by atoms with E-state index in [4.69, 9.17) is 18.9 Å². The highest BCUT2D eigenvalue weighted by Crippen LogP contribution is 2.38. The second-order valence-corrected chi connectivity index (χ2v) is 7.36. The van der Waals surface area contributed by atoms with Crippen LogP contribution in [0.25, 0.3) is 0 Å². The van der Waals surface area contributed by atoms with E-state index in [1.807, 2.05) is 30.3 Å². The van der Waals surface area contributed by atoms with Crippen molar-refractivity contribution in [3.05, 3.63) is 35.9 Å². The van der Waals surface area contributed by atoms with Crippen molar-refractivity contribution in [2.24, 2.45) is 5.92 Å². The van der Waals surface area contributed by atoms with E-state index < -0.39 is 23.6 Å². The normalized spacial score (nSPS) is 30.3. The summed E-state index contributed by atoms with van der Waals surface area (Å²) in [6, 6.07) is 9.84. The molecule has 1 aromatic rings. The van der Waals surface area contributed by atoms with Crippen LogP contribution in [0.3, 0.4) is 0 Å². The Balaban J connectivity index is 2.19. The Hall–Kier alpha value is -1.47. The Kier molecular flexibility index (Phi) is 6.80. The molecule has 1 heterocycles. The molecule has 1 aliphatic rings. The number of benzene rings is 1. The molecule has 0 unspecified atom stereocenters. The molecule has 1 fully saturated rings. The fraction of sp³-hybridized carbons (Fsp3) is 0.650. The lowest BCUT2D eigenvalue weighted by Gasteiger charge is -2.49. The van der Waals surface area contributed by atoms with E-state index >= 15 is 0 Å². The van der Waals surface area contributed by atoms with E-state index in [-0.39, 0.29) is 6.04 Å². The van der Waals surface area contributed by atoms with Crippen molar-refractivity contribution >= 4 is 5.97 Å². The summed E-state index contributed by atoms with van der Waals surface area (Å²) < 4.78 is 22.6. The van der Waals surface area contributed by atoms with Gasteiger partial charge in [-0.3, -0.25) is 0 Å². The van der Waals surface area contributed by atoms with Crippen molar-refractivity contribution in [1.29, 1.82) is 0 Å². The number of nitrogens with one attached hydrogen (secondary N) is 1. The largest absolute Gasteiger partial charge is 0.425 e. The number of carbonyl (C=O) groups is 1.